The lowest BCUT2D eigenvalue weighted by Crippen LogP contribution is -2.46. The van der Waals surface area contributed by atoms with E-state index in [0.717, 1.165) is 38.2 Å². The highest BCUT2D eigenvalue weighted by atomic mass is 16.2. The van der Waals surface area contributed by atoms with Gasteiger partial charge in [0.2, 0.25) is 5.91 Å². The molecule has 0 bridgehead atoms. The molecule has 2 heterocycles. The van der Waals surface area contributed by atoms with Gasteiger partial charge in [-0.2, -0.15) is 5.10 Å². The van der Waals surface area contributed by atoms with Gasteiger partial charge >= 0.3 is 0 Å². The van der Waals surface area contributed by atoms with Crippen molar-refractivity contribution in [3.05, 3.63) is 12.2 Å². The fourth-order valence-electron chi connectivity index (χ4n) is 2.65. The summed E-state index contributed by atoms with van der Waals surface area (Å²) in [6, 6.07) is 0. The van der Waals surface area contributed by atoms with E-state index < -0.39 is 0 Å². The van der Waals surface area contributed by atoms with Crippen LogP contribution in [-0.4, -0.2) is 40.7 Å². The van der Waals surface area contributed by atoms with E-state index in [1.54, 1.807) is 0 Å². The number of carbonyl (C=O) groups excluding carboxylic acids is 1. The van der Waals surface area contributed by atoms with Crippen LogP contribution < -0.4 is 10.6 Å². The summed E-state index contributed by atoms with van der Waals surface area (Å²) >= 11 is 0. The van der Waals surface area contributed by atoms with Gasteiger partial charge in [-0.3, -0.25) is 9.89 Å². The summed E-state index contributed by atoms with van der Waals surface area (Å²) in [6.07, 6.45) is 4.13. The summed E-state index contributed by atoms with van der Waals surface area (Å²) in [4.78, 5) is 16.4. The minimum absolute atomic E-state index is 0.185. The number of aromatic amines is 1. The van der Waals surface area contributed by atoms with Crippen LogP contribution in [0.3, 0.4) is 0 Å². The zero-order valence-corrected chi connectivity index (χ0v) is 11.7. The van der Waals surface area contributed by atoms with Crippen LogP contribution in [0.25, 0.3) is 0 Å². The highest BCUT2D eigenvalue weighted by molar-refractivity contribution is 5.83. The van der Waals surface area contributed by atoms with E-state index in [0.29, 0.717) is 12.5 Å². The zero-order chi connectivity index (χ0) is 13.7. The first-order chi connectivity index (χ1) is 9.15. The normalized spacial score (nSPS) is 22.9. The lowest BCUT2D eigenvalue weighted by atomic mass is 9.75. The van der Waals surface area contributed by atoms with E-state index >= 15 is 0 Å². The van der Waals surface area contributed by atoms with E-state index in [1.165, 1.54) is 6.33 Å². The molecule has 6 heteroatoms. The van der Waals surface area contributed by atoms with Gasteiger partial charge in [-0.05, 0) is 25.3 Å². The summed E-state index contributed by atoms with van der Waals surface area (Å²) in [6.45, 7) is 6.67. The average Bonchev–Trinajstić information content (AvgIpc) is 3.05. The van der Waals surface area contributed by atoms with Gasteiger partial charge < -0.3 is 10.6 Å². The van der Waals surface area contributed by atoms with Crippen molar-refractivity contribution in [1.29, 1.82) is 0 Å². The first-order valence-electron chi connectivity index (χ1n) is 6.98. The predicted molar refractivity (Wildman–Crippen MR) is 72.5 cm³/mol. The molecule has 1 aliphatic rings. The molecule has 1 aliphatic heterocycles. The van der Waals surface area contributed by atoms with Crippen LogP contribution in [0.1, 0.15) is 32.5 Å². The van der Waals surface area contributed by atoms with Crippen LogP contribution in [-0.2, 0) is 11.2 Å². The second kappa shape index (κ2) is 6.14. The Morgan fingerprint density at radius 3 is 3.00 bits per heavy atom. The number of amides is 1. The number of hydrogen-bond donors (Lipinski definition) is 3. The Kier molecular flexibility index (Phi) is 4.52. The third-order valence-electron chi connectivity index (χ3n) is 4.09. The lowest BCUT2D eigenvalue weighted by Gasteiger charge is -2.31. The standard InChI is InChI=1S/C13H23N5O/c1-10(2)13(5-7-14-8-13)12(19)15-6-3-4-11-16-9-17-18-11/h9-10,14H,3-8H2,1-2H3,(H,15,19)(H,16,17,18). The molecule has 1 saturated heterocycles. The van der Waals surface area contributed by atoms with Gasteiger partial charge in [0.1, 0.15) is 12.2 Å². The minimum Gasteiger partial charge on any atom is -0.356 e. The van der Waals surface area contributed by atoms with E-state index in [-0.39, 0.29) is 11.3 Å². The Morgan fingerprint density at radius 1 is 1.58 bits per heavy atom. The summed E-state index contributed by atoms with van der Waals surface area (Å²) in [5.41, 5.74) is -0.230. The molecule has 0 aliphatic carbocycles. The molecule has 1 fully saturated rings. The first kappa shape index (κ1) is 14.0. The number of carbonyl (C=O) groups is 1. The van der Waals surface area contributed by atoms with Crippen LogP contribution >= 0.6 is 0 Å². The quantitative estimate of drug-likeness (QED) is 0.654. The van der Waals surface area contributed by atoms with E-state index in [4.69, 9.17) is 0 Å². The summed E-state index contributed by atoms with van der Waals surface area (Å²) in [7, 11) is 0. The molecule has 1 unspecified atom stereocenters. The van der Waals surface area contributed by atoms with Gasteiger partial charge in [0.25, 0.3) is 0 Å². The largest absolute Gasteiger partial charge is 0.356 e. The van der Waals surface area contributed by atoms with Gasteiger partial charge in [0.05, 0.1) is 5.41 Å². The number of nitrogens with one attached hydrogen (secondary N) is 3. The SMILES string of the molecule is CC(C)C1(C(=O)NCCCc2ncn[nH]2)CCNC1. The maximum atomic E-state index is 12.4. The van der Waals surface area contributed by atoms with Crippen LogP contribution in [0, 0.1) is 11.3 Å². The Balaban J connectivity index is 1.77. The molecule has 0 aromatic carbocycles. The fraction of sp³-hybridized carbons (Fsp3) is 0.769. The fourth-order valence-corrected chi connectivity index (χ4v) is 2.65. The van der Waals surface area contributed by atoms with Gasteiger partial charge in [-0.25, -0.2) is 4.98 Å². The number of aryl methyl sites for hydroxylation is 1. The molecule has 2 rings (SSSR count). The van der Waals surface area contributed by atoms with Crippen molar-refractivity contribution in [2.24, 2.45) is 11.3 Å². The first-order valence-corrected chi connectivity index (χ1v) is 6.98. The third-order valence-corrected chi connectivity index (χ3v) is 4.09. The molecule has 1 atom stereocenters. The van der Waals surface area contributed by atoms with E-state index in [1.807, 2.05) is 0 Å². The second-order valence-corrected chi connectivity index (χ2v) is 5.53. The molecule has 1 aromatic heterocycles. The Hall–Kier alpha value is -1.43. The highest BCUT2D eigenvalue weighted by Crippen LogP contribution is 2.34. The molecule has 1 amide bonds. The van der Waals surface area contributed by atoms with Crippen molar-refractivity contribution in [2.75, 3.05) is 19.6 Å². The van der Waals surface area contributed by atoms with Crippen molar-refractivity contribution >= 4 is 5.91 Å². The smallest absolute Gasteiger partial charge is 0.227 e. The summed E-state index contributed by atoms with van der Waals surface area (Å²) in [5.74, 6) is 1.41. The minimum atomic E-state index is -0.230. The molecule has 0 saturated carbocycles. The van der Waals surface area contributed by atoms with Gasteiger partial charge in [-0.15, -0.1) is 0 Å². The van der Waals surface area contributed by atoms with Crippen LogP contribution in [0.5, 0.6) is 0 Å². The van der Waals surface area contributed by atoms with Crippen LogP contribution in [0.4, 0.5) is 0 Å². The Morgan fingerprint density at radius 2 is 2.42 bits per heavy atom. The van der Waals surface area contributed by atoms with E-state index in [9.17, 15) is 4.79 Å². The summed E-state index contributed by atoms with van der Waals surface area (Å²) < 4.78 is 0. The molecule has 6 nitrogen and oxygen atoms in total. The monoisotopic (exact) mass is 265 g/mol. The van der Waals surface area contributed by atoms with Crippen molar-refractivity contribution < 1.29 is 4.79 Å². The molecular weight excluding hydrogens is 242 g/mol. The van der Waals surface area contributed by atoms with Crippen molar-refractivity contribution in [3.63, 3.8) is 0 Å². The van der Waals surface area contributed by atoms with Gasteiger partial charge in [0.15, 0.2) is 0 Å². The maximum absolute atomic E-state index is 12.4. The molecule has 0 spiro atoms. The van der Waals surface area contributed by atoms with Gasteiger partial charge in [0, 0.05) is 19.5 Å². The van der Waals surface area contributed by atoms with Gasteiger partial charge in [-0.1, -0.05) is 13.8 Å². The molecule has 19 heavy (non-hydrogen) atoms. The second-order valence-electron chi connectivity index (χ2n) is 5.53. The number of rotatable bonds is 6. The number of nitrogens with zero attached hydrogens (tertiary/aromatic N) is 2. The molecule has 0 radical (unpaired) electrons. The third kappa shape index (κ3) is 3.12. The molecule has 106 valence electrons. The Labute approximate surface area is 113 Å². The van der Waals surface area contributed by atoms with Crippen LogP contribution in [0.2, 0.25) is 0 Å². The maximum Gasteiger partial charge on any atom is 0.227 e. The number of aromatic nitrogens is 3. The van der Waals surface area contributed by atoms with Crippen molar-refractivity contribution in [1.82, 2.24) is 25.8 Å². The van der Waals surface area contributed by atoms with Crippen molar-refractivity contribution in [3.8, 4) is 0 Å². The topological polar surface area (TPSA) is 82.7 Å². The average molecular weight is 265 g/mol. The summed E-state index contributed by atoms with van der Waals surface area (Å²) in [5, 5.41) is 13.0. The molecule has 3 N–H and O–H groups in total. The lowest BCUT2D eigenvalue weighted by molar-refractivity contribution is -0.132. The van der Waals surface area contributed by atoms with E-state index in [2.05, 4.69) is 39.7 Å². The van der Waals surface area contributed by atoms with Crippen LogP contribution in [0.15, 0.2) is 6.33 Å². The number of hydrogen-bond acceptors (Lipinski definition) is 4. The Bertz CT molecular complexity index is 395. The molecular formula is C13H23N5O. The van der Waals surface area contributed by atoms with Crippen molar-refractivity contribution in [2.45, 2.75) is 33.1 Å². The predicted octanol–water partition coefficient (Wildman–Crippen LogP) is 0.489. The molecule has 1 aromatic rings. The highest BCUT2D eigenvalue weighted by Gasteiger charge is 2.43. The zero-order valence-electron chi connectivity index (χ0n) is 11.7. The number of H-pyrrole nitrogens is 1.